The first-order valence-electron chi connectivity index (χ1n) is 5.63. The van der Waals surface area contributed by atoms with E-state index in [4.69, 9.17) is 11.6 Å². The molecule has 96 valence electrons. The van der Waals surface area contributed by atoms with E-state index in [1.165, 1.54) is 6.07 Å². The quantitative estimate of drug-likeness (QED) is 0.747. The molecule has 5 heteroatoms. The Hall–Kier alpha value is -0.870. The summed E-state index contributed by atoms with van der Waals surface area (Å²) in [6, 6.07) is 4.64. The number of rotatable bonds is 3. The van der Waals surface area contributed by atoms with Crippen molar-refractivity contribution in [2.75, 3.05) is 0 Å². The van der Waals surface area contributed by atoms with Crippen molar-refractivity contribution in [3.8, 4) is 5.69 Å². The van der Waals surface area contributed by atoms with Crippen LogP contribution in [0.25, 0.3) is 5.69 Å². The smallest absolute Gasteiger partial charge is 0.150 e. The Balaban J connectivity index is 2.68. The molecule has 0 aliphatic rings. The number of halogens is 3. The van der Waals surface area contributed by atoms with E-state index < -0.39 is 0 Å². The van der Waals surface area contributed by atoms with Gasteiger partial charge in [-0.25, -0.2) is 9.07 Å². The van der Waals surface area contributed by atoms with Gasteiger partial charge < -0.3 is 0 Å². The molecule has 1 aromatic heterocycles. The number of alkyl halides is 1. The summed E-state index contributed by atoms with van der Waals surface area (Å²) in [7, 11) is 0. The normalized spacial score (nSPS) is 11.2. The van der Waals surface area contributed by atoms with Crippen molar-refractivity contribution in [2.24, 2.45) is 0 Å². The summed E-state index contributed by atoms with van der Waals surface area (Å²) in [5, 5.41) is 5.31. The van der Waals surface area contributed by atoms with Gasteiger partial charge in [-0.3, -0.25) is 0 Å². The van der Waals surface area contributed by atoms with Crippen LogP contribution in [0.3, 0.4) is 0 Å². The standard InChI is InChI=1S/C13H13BrClFN2/c1-8(2)12-9(6-14)7-17-18(12)13-10(15)4-3-5-11(13)16/h3-5,7-8H,6H2,1-2H3. The van der Waals surface area contributed by atoms with Gasteiger partial charge in [0.25, 0.3) is 0 Å². The molecular weight excluding hydrogens is 319 g/mol. The molecule has 0 amide bonds. The van der Waals surface area contributed by atoms with E-state index in [1.54, 1.807) is 23.0 Å². The Morgan fingerprint density at radius 2 is 2.17 bits per heavy atom. The summed E-state index contributed by atoms with van der Waals surface area (Å²) < 4.78 is 15.5. The Bertz CT molecular complexity index is 546. The van der Waals surface area contributed by atoms with Gasteiger partial charge in [0.1, 0.15) is 11.5 Å². The third kappa shape index (κ3) is 2.31. The minimum atomic E-state index is -0.367. The van der Waals surface area contributed by atoms with E-state index in [2.05, 4.69) is 34.9 Å². The number of aromatic nitrogens is 2. The monoisotopic (exact) mass is 330 g/mol. The molecule has 2 nitrogen and oxygen atoms in total. The summed E-state index contributed by atoms with van der Waals surface area (Å²) >= 11 is 9.50. The van der Waals surface area contributed by atoms with Crippen molar-refractivity contribution >= 4 is 27.5 Å². The second kappa shape index (κ2) is 5.41. The first kappa shape index (κ1) is 13.6. The molecule has 2 rings (SSSR count). The lowest BCUT2D eigenvalue weighted by molar-refractivity contribution is 0.602. The lowest BCUT2D eigenvalue weighted by Crippen LogP contribution is -2.07. The third-order valence-electron chi connectivity index (χ3n) is 2.73. The molecule has 1 aromatic carbocycles. The first-order chi connectivity index (χ1) is 8.56. The van der Waals surface area contributed by atoms with Gasteiger partial charge in [0.2, 0.25) is 0 Å². The lowest BCUT2D eigenvalue weighted by atomic mass is 10.1. The molecule has 0 N–H and O–H groups in total. The van der Waals surface area contributed by atoms with Gasteiger partial charge in [-0.1, -0.05) is 47.4 Å². The fraction of sp³-hybridized carbons (Fsp3) is 0.308. The maximum Gasteiger partial charge on any atom is 0.150 e. The van der Waals surface area contributed by atoms with Crippen LogP contribution in [0.4, 0.5) is 4.39 Å². The summed E-state index contributed by atoms with van der Waals surface area (Å²) in [5.41, 5.74) is 2.33. The maximum absolute atomic E-state index is 13.9. The number of nitrogens with zero attached hydrogens (tertiary/aromatic N) is 2. The number of para-hydroxylation sites is 1. The lowest BCUT2D eigenvalue weighted by Gasteiger charge is -2.13. The summed E-state index contributed by atoms with van der Waals surface area (Å²) in [4.78, 5) is 0. The Kier molecular flexibility index (Phi) is 4.07. The molecule has 18 heavy (non-hydrogen) atoms. The van der Waals surface area contributed by atoms with Crippen molar-refractivity contribution in [2.45, 2.75) is 25.1 Å². The highest BCUT2D eigenvalue weighted by Gasteiger charge is 2.18. The topological polar surface area (TPSA) is 17.8 Å². The predicted octanol–water partition coefficient (Wildman–Crippen LogP) is 4.68. The molecule has 1 heterocycles. The molecule has 0 spiro atoms. The summed E-state index contributed by atoms with van der Waals surface area (Å²) in [6.45, 7) is 4.10. The van der Waals surface area contributed by atoms with Crippen LogP contribution in [0.1, 0.15) is 31.0 Å². The highest BCUT2D eigenvalue weighted by molar-refractivity contribution is 9.08. The predicted molar refractivity (Wildman–Crippen MR) is 75.3 cm³/mol. The largest absolute Gasteiger partial charge is 0.233 e. The fourth-order valence-corrected chi connectivity index (χ4v) is 2.65. The Morgan fingerprint density at radius 1 is 1.44 bits per heavy atom. The van der Waals surface area contributed by atoms with Crippen LogP contribution >= 0.6 is 27.5 Å². The average Bonchev–Trinajstić information content (AvgIpc) is 2.72. The Labute approximate surface area is 119 Å². The SMILES string of the molecule is CC(C)c1c(CBr)cnn1-c1c(F)cccc1Cl. The van der Waals surface area contributed by atoms with Crippen molar-refractivity contribution in [3.63, 3.8) is 0 Å². The van der Waals surface area contributed by atoms with E-state index in [9.17, 15) is 4.39 Å². The molecule has 0 radical (unpaired) electrons. The van der Waals surface area contributed by atoms with Crippen LogP contribution in [0.15, 0.2) is 24.4 Å². The molecule has 0 atom stereocenters. The van der Waals surface area contributed by atoms with Gasteiger partial charge in [0.15, 0.2) is 0 Å². The van der Waals surface area contributed by atoms with Crippen molar-refractivity contribution in [1.29, 1.82) is 0 Å². The van der Waals surface area contributed by atoms with Crippen molar-refractivity contribution in [3.05, 3.63) is 46.5 Å². The Morgan fingerprint density at radius 3 is 2.72 bits per heavy atom. The van der Waals surface area contributed by atoms with Crippen molar-refractivity contribution < 1.29 is 4.39 Å². The fourth-order valence-electron chi connectivity index (χ4n) is 1.98. The minimum absolute atomic E-state index is 0.232. The summed E-state index contributed by atoms with van der Waals surface area (Å²) in [6.07, 6.45) is 1.74. The van der Waals surface area contributed by atoms with Gasteiger partial charge in [-0.05, 0) is 18.1 Å². The second-order valence-electron chi connectivity index (χ2n) is 4.33. The van der Waals surface area contributed by atoms with E-state index in [-0.39, 0.29) is 11.7 Å². The minimum Gasteiger partial charge on any atom is -0.233 e. The first-order valence-corrected chi connectivity index (χ1v) is 7.13. The molecule has 0 fully saturated rings. The zero-order valence-electron chi connectivity index (χ0n) is 10.1. The van der Waals surface area contributed by atoms with Gasteiger partial charge in [0, 0.05) is 10.9 Å². The molecule has 0 aliphatic carbocycles. The zero-order valence-corrected chi connectivity index (χ0v) is 12.5. The molecule has 0 aliphatic heterocycles. The number of benzene rings is 1. The van der Waals surface area contributed by atoms with Crippen LogP contribution in [-0.2, 0) is 5.33 Å². The third-order valence-corrected chi connectivity index (χ3v) is 3.64. The van der Waals surface area contributed by atoms with Crippen molar-refractivity contribution in [1.82, 2.24) is 9.78 Å². The molecule has 0 unspecified atom stereocenters. The van der Waals surface area contributed by atoms with Crippen LogP contribution in [0, 0.1) is 5.82 Å². The van der Waals surface area contributed by atoms with E-state index in [0.717, 1.165) is 11.3 Å². The molecule has 0 bridgehead atoms. The number of hydrogen-bond donors (Lipinski definition) is 0. The van der Waals surface area contributed by atoms with E-state index in [1.807, 2.05) is 0 Å². The molecule has 2 aromatic rings. The van der Waals surface area contributed by atoms with Gasteiger partial charge in [-0.15, -0.1) is 0 Å². The van der Waals surface area contributed by atoms with E-state index in [0.29, 0.717) is 16.0 Å². The van der Waals surface area contributed by atoms with E-state index >= 15 is 0 Å². The molecule has 0 saturated heterocycles. The van der Waals surface area contributed by atoms with Crippen LogP contribution < -0.4 is 0 Å². The van der Waals surface area contributed by atoms with Gasteiger partial charge in [-0.2, -0.15) is 5.10 Å². The van der Waals surface area contributed by atoms with Gasteiger partial charge >= 0.3 is 0 Å². The van der Waals surface area contributed by atoms with Gasteiger partial charge in [0.05, 0.1) is 16.9 Å². The second-order valence-corrected chi connectivity index (χ2v) is 5.29. The molecular formula is C13H13BrClFN2. The highest BCUT2D eigenvalue weighted by atomic mass is 79.9. The molecule has 0 saturated carbocycles. The maximum atomic E-state index is 13.9. The average molecular weight is 332 g/mol. The van der Waals surface area contributed by atoms with Crippen LogP contribution in [-0.4, -0.2) is 9.78 Å². The summed E-state index contributed by atoms with van der Waals surface area (Å²) in [5.74, 6) is -0.135. The highest BCUT2D eigenvalue weighted by Crippen LogP contribution is 2.29. The zero-order chi connectivity index (χ0) is 13.3. The van der Waals surface area contributed by atoms with Crippen LogP contribution in [0.5, 0.6) is 0 Å². The number of hydrogen-bond acceptors (Lipinski definition) is 1. The van der Waals surface area contributed by atoms with Crippen LogP contribution in [0.2, 0.25) is 5.02 Å².